The molecule has 3 rings (SSSR count). The number of rotatable bonds is 2. The van der Waals surface area contributed by atoms with Gasteiger partial charge in [-0.15, -0.1) is 0 Å². The second kappa shape index (κ2) is 5.49. The highest BCUT2D eigenvalue weighted by Gasteiger charge is 2.53. The average Bonchev–Trinajstić information content (AvgIpc) is 3.24. The maximum Gasteiger partial charge on any atom is 0.233 e. The number of hydrogen-bond acceptors (Lipinski definition) is 2. The van der Waals surface area contributed by atoms with E-state index in [-0.39, 0.29) is 17.4 Å². The summed E-state index contributed by atoms with van der Waals surface area (Å²) in [6.45, 7) is 1.47. The van der Waals surface area contributed by atoms with Gasteiger partial charge in [0.1, 0.15) is 0 Å². The lowest BCUT2D eigenvalue weighted by Gasteiger charge is -2.27. The van der Waals surface area contributed by atoms with Crippen LogP contribution in [-0.4, -0.2) is 35.1 Å². The lowest BCUT2D eigenvalue weighted by molar-refractivity contribution is -0.134. The van der Waals surface area contributed by atoms with Gasteiger partial charge in [0.25, 0.3) is 0 Å². The Hall–Kier alpha value is -0.870. The van der Waals surface area contributed by atoms with Gasteiger partial charge in [-0.2, -0.15) is 0 Å². The van der Waals surface area contributed by atoms with Gasteiger partial charge in [0.05, 0.1) is 11.5 Å². The molecule has 108 valence electrons. The SMILES string of the molecule is O=C(N1CCCC(O)CC1)C1(c2ccccc2Br)CC1. The molecule has 0 spiro atoms. The normalized spacial score (nSPS) is 25.1. The van der Waals surface area contributed by atoms with E-state index in [1.54, 1.807) is 0 Å². The van der Waals surface area contributed by atoms with E-state index in [9.17, 15) is 9.90 Å². The van der Waals surface area contributed by atoms with Crippen LogP contribution in [0.25, 0.3) is 0 Å². The maximum atomic E-state index is 12.9. The smallest absolute Gasteiger partial charge is 0.233 e. The maximum absolute atomic E-state index is 12.9. The quantitative estimate of drug-likeness (QED) is 0.901. The zero-order valence-electron chi connectivity index (χ0n) is 11.5. The summed E-state index contributed by atoms with van der Waals surface area (Å²) in [5.74, 6) is 0.249. The molecular formula is C16H20BrNO2. The third kappa shape index (κ3) is 2.51. The van der Waals surface area contributed by atoms with E-state index in [0.717, 1.165) is 42.3 Å². The number of aliphatic hydroxyl groups excluding tert-OH is 1. The molecule has 1 N–H and O–H groups in total. The van der Waals surface area contributed by atoms with Crippen LogP contribution in [0.5, 0.6) is 0 Å². The highest BCUT2D eigenvalue weighted by Crippen LogP contribution is 2.51. The summed E-state index contributed by atoms with van der Waals surface area (Å²) >= 11 is 3.58. The van der Waals surface area contributed by atoms with Gasteiger partial charge < -0.3 is 10.0 Å². The molecule has 1 heterocycles. The third-order valence-electron chi connectivity index (χ3n) is 4.53. The molecule has 1 aliphatic carbocycles. The van der Waals surface area contributed by atoms with Crippen LogP contribution < -0.4 is 0 Å². The molecule has 20 heavy (non-hydrogen) atoms. The molecule has 0 aromatic heterocycles. The summed E-state index contributed by atoms with van der Waals surface area (Å²) in [6, 6.07) is 8.05. The summed E-state index contributed by atoms with van der Waals surface area (Å²) in [5.41, 5.74) is 0.810. The minimum absolute atomic E-state index is 0.244. The van der Waals surface area contributed by atoms with Crippen molar-refractivity contribution in [1.29, 1.82) is 0 Å². The highest BCUT2D eigenvalue weighted by atomic mass is 79.9. The number of halogens is 1. The van der Waals surface area contributed by atoms with Crippen molar-refractivity contribution >= 4 is 21.8 Å². The zero-order valence-corrected chi connectivity index (χ0v) is 13.1. The Bertz CT molecular complexity index is 513. The van der Waals surface area contributed by atoms with Crippen molar-refractivity contribution in [2.24, 2.45) is 0 Å². The molecule has 1 aromatic carbocycles. The van der Waals surface area contributed by atoms with Gasteiger partial charge in [0.15, 0.2) is 0 Å². The molecular weight excluding hydrogens is 318 g/mol. The van der Waals surface area contributed by atoms with Crippen LogP contribution in [0.2, 0.25) is 0 Å². The van der Waals surface area contributed by atoms with Crippen molar-refractivity contribution in [3.05, 3.63) is 34.3 Å². The van der Waals surface area contributed by atoms with Crippen LogP contribution in [-0.2, 0) is 10.2 Å². The summed E-state index contributed by atoms with van der Waals surface area (Å²) < 4.78 is 1.03. The third-order valence-corrected chi connectivity index (χ3v) is 5.23. The van der Waals surface area contributed by atoms with Crippen LogP contribution in [0, 0.1) is 0 Å². The number of carbonyl (C=O) groups is 1. The lowest BCUT2D eigenvalue weighted by Crippen LogP contribution is -2.40. The van der Waals surface area contributed by atoms with Crippen LogP contribution in [0.3, 0.4) is 0 Å². The predicted molar refractivity (Wildman–Crippen MR) is 81.5 cm³/mol. The Morgan fingerprint density at radius 3 is 2.70 bits per heavy atom. The standard InChI is InChI=1S/C16H20BrNO2/c17-14-6-2-1-5-13(14)16(8-9-16)15(20)18-10-3-4-12(19)7-11-18/h1-2,5-6,12,19H,3-4,7-11H2. The molecule has 1 amide bonds. The molecule has 1 atom stereocenters. The van der Waals surface area contributed by atoms with Gasteiger partial charge >= 0.3 is 0 Å². The molecule has 1 aromatic rings. The summed E-state index contributed by atoms with van der Waals surface area (Å²) in [4.78, 5) is 14.9. The number of aliphatic hydroxyl groups is 1. The van der Waals surface area contributed by atoms with E-state index in [0.29, 0.717) is 13.0 Å². The van der Waals surface area contributed by atoms with Crippen LogP contribution in [0.4, 0.5) is 0 Å². The minimum atomic E-state index is -0.310. The van der Waals surface area contributed by atoms with Gasteiger partial charge in [0.2, 0.25) is 5.91 Å². The minimum Gasteiger partial charge on any atom is -0.393 e. The molecule has 1 saturated carbocycles. The second-order valence-electron chi connectivity index (χ2n) is 5.94. The van der Waals surface area contributed by atoms with Gasteiger partial charge in [-0.25, -0.2) is 0 Å². The number of carbonyl (C=O) groups excluding carboxylic acids is 1. The van der Waals surface area contributed by atoms with E-state index >= 15 is 0 Å². The molecule has 1 unspecified atom stereocenters. The fourth-order valence-electron chi connectivity index (χ4n) is 3.16. The van der Waals surface area contributed by atoms with E-state index in [1.807, 2.05) is 23.1 Å². The average molecular weight is 338 g/mol. The summed E-state index contributed by atoms with van der Waals surface area (Å²) in [6.07, 6.45) is 4.05. The van der Waals surface area contributed by atoms with E-state index < -0.39 is 0 Å². The lowest BCUT2D eigenvalue weighted by atomic mass is 9.94. The fourth-order valence-corrected chi connectivity index (χ4v) is 3.82. The molecule has 2 fully saturated rings. The largest absolute Gasteiger partial charge is 0.393 e. The van der Waals surface area contributed by atoms with Crippen molar-refractivity contribution < 1.29 is 9.90 Å². The van der Waals surface area contributed by atoms with Crippen LogP contribution >= 0.6 is 15.9 Å². The zero-order chi connectivity index (χ0) is 14.2. The van der Waals surface area contributed by atoms with Crippen LogP contribution in [0.1, 0.15) is 37.7 Å². The molecule has 3 nitrogen and oxygen atoms in total. The van der Waals surface area contributed by atoms with Crippen molar-refractivity contribution in [2.75, 3.05) is 13.1 Å². The van der Waals surface area contributed by atoms with E-state index in [4.69, 9.17) is 0 Å². The van der Waals surface area contributed by atoms with Gasteiger partial charge in [-0.3, -0.25) is 4.79 Å². The molecule has 0 radical (unpaired) electrons. The van der Waals surface area contributed by atoms with Crippen molar-refractivity contribution in [3.8, 4) is 0 Å². The number of amides is 1. The summed E-state index contributed by atoms with van der Waals surface area (Å²) in [7, 11) is 0. The first-order valence-corrected chi connectivity index (χ1v) is 8.15. The first kappa shape index (κ1) is 14.1. The van der Waals surface area contributed by atoms with Gasteiger partial charge in [0, 0.05) is 17.6 Å². The predicted octanol–water partition coefficient (Wildman–Crippen LogP) is 2.85. The highest BCUT2D eigenvalue weighted by molar-refractivity contribution is 9.10. The van der Waals surface area contributed by atoms with E-state index in [1.165, 1.54) is 0 Å². The Kier molecular flexibility index (Phi) is 3.87. The van der Waals surface area contributed by atoms with Gasteiger partial charge in [-0.1, -0.05) is 34.1 Å². The number of hydrogen-bond donors (Lipinski definition) is 1. The Morgan fingerprint density at radius 2 is 2.00 bits per heavy atom. The molecule has 4 heteroatoms. The van der Waals surface area contributed by atoms with Gasteiger partial charge in [-0.05, 0) is 43.7 Å². The Balaban J connectivity index is 1.81. The first-order valence-electron chi connectivity index (χ1n) is 7.36. The Labute approximate surface area is 128 Å². The van der Waals surface area contributed by atoms with Crippen molar-refractivity contribution in [1.82, 2.24) is 4.90 Å². The van der Waals surface area contributed by atoms with Crippen molar-refractivity contribution in [3.63, 3.8) is 0 Å². The monoisotopic (exact) mass is 337 g/mol. The Morgan fingerprint density at radius 1 is 1.25 bits per heavy atom. The number of nitrogens with zero attached hydrogens (tertiary/aromatic N) is 1. The first-order chi connectivity index (χ1) is 9.63. The fraction of sp³-hybridized carbons (Fsp3) is 0.562. The summed E-state index contributed by atoms with van der Waals surface area (Å²) in [5, 5.41) is 9.72. The molecule has 0 bridgehead atoms. The number of benzene rings is 1. The molecule has 2 aliphatic rings. The van der Waals surface area contributed by atoms with Crippen molar-refractivity contribution in [2.45, 2.75) is 43.6 Å². The van der Waals surface area contributed by atoms with Crippen LogP contribution in [0.15, 0.2) is 28.7 Å². The number of likely N-dealkylation sites (tertiary alicyclic amines) is 1. The molecule has 1 saturated heterocycles. The topological polar surface area (TPSA) is 40.5 Å². The second-order valence-corrected chi connectivity index (χ2v) is 6.79. The van der Waals surface area contributed by atoms with E-state index in [2.05, 4.69) is 22.0 Å². The molecule has 1 aliphatic heterocycles.